The lowest BCUT2D eigenvalue weighted by atomic mass is 10.3. The SMILES string of the molecule is O=C(NCCCn1cc(Br)cn1)c1ccnn1C(F)F. The van der Waals surface area contributed by atoms with Crippen molar-refractivity contribution in [1.82, 2.24) is 24.9 Å². The molecule has 0 fully saturated rings. The van der Waals surface area contributed by atoms with Crippen molar-refractivity contribution in [1.29, 1.82) is 0 Å². The number of nitrogens with one attached hydrogen (secondary N) is 1. The van der Waals surface area contributed by atoms with Gasteiger partial charge in [-0.15, -0.1) is 0 Å². The Kier molecular flexibility index (Phi) is 4.83. The average molecular weight is 348 g/mol. The first-order chi connectivity index (χ1) is 9.58. The fraction of sp³-hybridized carbons (Fsp3) is 0.364. The minimum Gasteiger partial charge on any atom is -0.351 e. The van der Waals surface area contributed by atoms with Crippen LogP contribution in [0.25, 0.3) is 0 Å². The van der Waals surface area contributed by atoms with Crippen LogP contribution in [0.5, 0.6) is 0 Å². The summed E-state index contributed by atoms with van der Waals surface area (Å²) in [4.78, 5) is 11.7. The Morgan fingerprint density at radius 2 is 2.25 bits per heavy atom. The summed E-state index contributed by atoms with van der Waals surface area (Å²) in [6.07, 6.45) is 5.29. The molecule has 0 bridgehead atoms. The highest BCUT2D eigenvalue weighted by atomic mass is 79.9. The van der Waals surface area contributed by atoms with Gasteiger partial charge >= 0.3 is 6.55 Å². The molecule has 0 aliphatic carbocycles. The van der Waals surface area contributed by atoms with E-state index in [1.54, 1.807) is 10.9 Å². The van der Waals surface area contributed by atoms with E-state index < -0.39 is 12.5 Å². The van der Waals surface area contributed by atoms with Crippen molar-refractivity contribution in [2.24, 2.45) is 0 Å². The van der Waals surface area contributed by atoms with Gasteiger partial charge in [0.05, 0.1) is 10.7 Å². The zero-order chi connectivity index (χ0) is 14.5. The maximum absolute atomic E-state index is 12.5. The third-order valence-electron chi connectivity index (χ3n) is 2.54. The number of hydrogen-bond donors (Lipinski definition) is 1. The third-order valence-corrected chi connectivity index (χ3v) is 2.95. The van der Waals surface area contributed by atoms with Gasteiger partial charge in [0, 0.05) is 25.5 Å². The van der Waals surface area contributed by atoms with E-state index in [0.29, 0.717) is 24.2 Å². The molecule has 0 saturated carbocycles. The number of aromatic nitrogens is 4. The van der Waals surface area contributed by atoms with Gasteiger partial charge in [-0.1, -0.05) is 0 Å². The topological polar surface area (TPSA) is 64.7 Å². The normalized spacial score (nSPS) is 11.0. The maximum atomic E-state index is 12.5. The van der Waals surface area contributed by atoms with Crippen molar-refractivity contribution in [2.45, 2.75) is 19.5 Å². The Morgan fingerprint density at radius 1 is 1.45 bits per heavy atom. The predicted molar refractivity (Wildman–Crippen MR) is 70.4 cm³/mol. The molecule has 0 aliphatic rings. The van der Waals surface area contributed by atoms with Crippen LogP contribution >= 0.6 is 15.9 Å². The molecule has 0 atom stereocenters. The van der Waals surface area contributed by atoms with E-state index in [2.05, 4.69) is 31.4 Å². The molecule has 1 N–H and O–H groups in total. The van der Waals surface area contributed by atoms with Crippen LogP contribution in [0.3, 0.4) is 0 Å². The minimum atomic E-state index is -2.83. The summed E-state index contributed by atoms with van der Waals surface area (Å²) in [5.41, 5.74) is -0.151. The minimum absolute atomic E-state index is 0.151. The molecule has 20 heavy (non-hydrogen) atoms. The number of nitrogens with zero attached hydrogens (tertiary/aromatic N) is 4. The van der Waals surface area contributed by atoms with Crippen molar-refractivity contribution in [3.63, 3.8) is 0 Å². The summed E-state index contributed by atoms with van der Waals surface area (Å²) in [6.45, 7) is -1.84. The van der Waals surface area contributed by atoms with E-state index in [0.717, 1.165) is 4.47 Å². The maximum Gasteiger partial charge on any atom is 0.333 e. The highest BCUT2D eigenvalue weighted by Gasteiger charge is 2.17. The lowest BCUT2D eigenvalue weighted by Gasteiger charge is -2.07. The van der Waals surface area contributed by atoms with Gasteiger partial charge in [-0.25, -0.2) is 0 Å². The molecule has 1 amide bonds. The number of alkyl halides is 2. The molecule has 0 radical (unpaired) electrons. The summed E-state index contributed by atoms with van der Waals surface area (Å²) in [5, 5.41) is 10.0. The van der Waals surface area contributed by atoms with Gasteiger partial charge in [-0.3, -0.25) is 9.48 Å². The highest BCUT2D eigenvalue weighted by Crippen LogP contribution is 2.11. The quantitative estimate of drug-likeness (QED) is 0.813. The molecule has 0 spiro atoms. The molecule has 0 saturated heterocycles. The Morgan fingerprint density at radius 3 is 2.90 bits per heavy atom. The van der Waals surface area contributed by atoms with Crippen molar-refractivity contribution < 1.29 is 13.6 Å². The predicted octanol–water partition coefficient (Wildman–Crippen LogP) is 2.06. The zero-order valence-corrected chi connectivity index (χ0v) is 11.9. The molecule has 6 nitrogen and oxygen atoms in total. The van der Waals surface area contributed by atoms with E-state index in [-0.39, 0.29) is 5.69 Å². The first-order valence-electron chi connectivity index (χ1n) is 5.86. The number of rotatable bonds is 6. The van der Waals surface area contributed by atoms with E-state index in [1.165, 1.54) is 12.3 Å². The fourth-order valence-corrected chi connectivity index (χ4v) is 1.97. The number of amides is 1. The number of hydrogen-bond acceptors (Lipinski definition) is 3. The Balaban J connectivity index is 1.79. The Hall–Kier alpha value is -1.77. The Labute approximate surface area is 121 Å². The molecule has 0 aromatic carbocycles. The second kappa shape index (κ2) is 6.60. The molecule has 2 heterocycles. The van der Waals surface area contributed by atoms with Gasteiger partial charge in [0.15, 0.2) is 0 Å². The van der Waals surface area contributed by atoms with E-state index in [9.17, 15) is 13.6 Å². The second-order valence-electron chi connectivity index (χ2n) is 3.97. The van der Waals surface area contributed by atoms with Crippen LogP contribution in [0.15, 0.2) is 29.1 Å². The van der Waals surface area contributed by atoms with Crippen LogP contribution in [-0.2, 0) is 6.54 Å². The number of carbonyl (C=O) groups is 1. The summed E-state index contributed by atoms with van der Waals surface area (Å²) in [5.74, 6) is -0.565. The number of aryl methyl sites for hydroxylation is 1. The molecule has 2 aromatic rings. The van der Waals surface area contributed by atoms with Crippen LogP contribution in [0, 0.1) is 0 Å². The van der Waals surface area contributed by atoms with Gasteiger partial charge in [0.25, 0.3) is 5.91 Å². The molecular weight excluding hydrogens is 336 g/mol. The van der Waals surface area contributed by atoms with E-state index in [4.69, 9.17) is 0 Å². The van der Waals surface area contributed by atoms with Crippen LogP contribution in [0.2, 0.25) is 0 Å². The summed E-state index contributed by atoms with van der Waals surface area (Å²) in [6, 6.07) is 1.26. The third kappa shape index (κ3) is 3.62. The largest absolute Gasteiger partial charge is 0.351 e. The number of carbonyl (C=O) groups excluding carboxylic acids is 1. The van der Waals surface area contributed by atoms with Crippen LogP contribution in [0.4, 0.5) is 8.78 Å². The number of halogens is 3. The van der Waals surface area contributed by atoms with Gasteiger partial charge in [-0.05, 0) is 28.4 Å². The van der Waals surface area contributed by atoms with Crippen molar-refractivity contribution in [2.75, 3.05) is 6.54 Å². The summed E-state index contributed by atoms with van der Waals surface area (Å²) >= 11 is 3.28. The second-order valence-corrected chi connectivity index (χ2v) is 4.89. The first-order valence-corrected chi connectivity index (χ1v) is 6.65. The molecule has 2 rings (SSSR count). The van der Waals surface area contributed by atoms with Crippen molar-refractivity contribution in [3.05, 3.63) is 34.8 Å². The van der Waals surface area contributed by atoms with Gasteiger partial charge in [0.1, 0.15) is 5.69 Å². The van der Waals surface area contributed by atoms with Crippen LogP contribution < -0.4 is 5.32 Å². The summed E-state index contributed by atoms with van der Waals surface area (Å²) < 4.78 is 28.1. The van der Waals surface area contributed by atoms with E-state index >= 15 is 0 Å². The zero-order valence-electron chi connectivity index (χ0n) is 10.3. The molecule has 108 valence electrons. The molecule has 2 aromatic heterocycles. The van der Waals surface area contributed by atoms with Gasteiger partial charge in [0.2, 0.25) is 0 Å². The Bertz CT molecular complexity index is 583. The smallest absolute Gasteiger partial charge is 0.333 e. The summed E-state index contributed by atoms with van der Waals surface area (Å²) in [7, 11) is 0. The van der Waals surface area contributed by atoms with Crippen LogP contribution in [0.1, 0.15) is 23.5 Å². The fourth-order valence-electron chi connectivity index (χ4n) is 1.64. The highest BCUT2D eigenvalue weighted by molar-refractivity contribution is 9.10. The van der Waals surface area contributed by atoms with Gasteiger partial charge < -0.3 is 5.32 Å². The molecule has 0 unspecified atom stereocenters. The standard InChI is InChI=1S/C11H12BrF2N5O/c12-8-6-17-18(7-8)5-1-3-15-10(20)9-2-4-16-19(9)11(13)14/h2,4,6-7,11H,1,3,5H2,(H,15,20). The van der Waals surface area contributed by atoms with Crippen molar-refractivity contribution in [3.8, 4) is 0 Å². The first kappa shape index (κ1) is 14.6. The molecule has 9 heteroatoms. The average Bonchev–Trinajstić information content (AvgIpc) is 3.03. The van der Waals surface area contributed by atoms with Crippen LogP contribution in [-0.4, -0.2) is 32.0 Å². The lowest BCUT2D eigenvalue weighted by molar-refractivity contribution is 0.0509. The van der Waals surface area contributed by atoms with E-state index in [1.807, 2.05) is 6.20 Å². The lowest BCUT2D eigenvalue weighted by Crippen LogP contribution is -2.28. The van der Waals surface area contributed by atoms with Crippen molar-refractivity contribution >= 4 is 21.8 Å². The molecular formula is C11H12BrF2N5O. The van der Waals surface area contributed by atoms with Gasteiger partial charge in [-0.2, -0.15) is 23.7 Å². The monoisotopic (exact) mass is 347 g/mol. The molecule has 0 aliphatic heterocycles.